The smallest absolute Gasteiger partial charge is 0.243 e. The Bertz CT molecular complexity index is 996. The lowest BCUT2D eigenvalue weighted by molar-refractivity contribution is -0.137. The average molecular weight is 427 g/mol. The maximum absolute atomic E-state index is 13.1. The maximum atomic E-state index is 13.1. The Kier molecular flexibility index (Phi) is 6.25. The number of aryl methyl sites for hydroxylation is 2. The lowest BCUT2D eigenvalue weighted by atomic mass is 9.96. The van der Waals surface area contributed by atoms with Crippen molar-refractivity contribution in [2.75, 3.05) is 19.6 Å². The summed E-state index contributed by atoms with van der Waals surface area (Å²) in [6.07, 6.45) is 4.26. The summed E-state index contributed by atoms with van der Waals surface area (Å²) < 4.78 is 27.8. The molecule has 0 aromatic heterocycles. The van der Waals surface area contributed by atoms with Gasteiger partial charge in [0.05, 0.1) is 4.90 Å². The number of carbonyl (C=O) groups excluding carboxylic acids is 1. The highest BCUT2D eigenvalue weighted by Gasteiger charge is 2.34. The fraction of sp³-hybridized carbons (Fsp3) is 0.458. The van der Waals surface area contributed by atoms with Crippen molar-refractivity contribution in [1.82, 2.24) is 9.21 Å². The van der Waals surface area contributed by atoms with E-state index in [1.54, 1.807) is 10.4 Å². The van der Waals surface area contributed by atoms with Crippen LogP contribution in [0.2, 0.25) is 0 Å². The van der Waals surface area contributed by atoms with E-state index in [0.29, 0.717) is 43.9 Å². The number of fused-ring (bicyclic) bond motifs is 1. The summed E-state index contributed by atoms with van der Waals surface area (Å²) >= 11 is 0. The standard InChI is InChI=1S/C24H30N2O3S/c1-2-25(18-19-7-4-3-5-8-19)24(27)21-13-15-26(16-14-21)30(28,29)23-12-11-20-9-6-10-22(20)17-23/h3-5,7-8,11-12,17,21H,2,6,9-10,13-16,18H2,1H3. The summed E-state index contributed by atoms with van der Waals surface area (Å²) in [5, 5.41) is 0. The quantitative estimate of drug-likeness (QED) is 0.709. The molecule has 0 spiro atoms. The molecule has 5 nitrogen and oxygen atoms in total. The zero-order valence-corrected chi connectivity index (χ0v) is 18.4. The van der Waals surface area contributed by atoms with Crippen LogP contribution in [-0.2, 0) is 34.2 Å². The SMILES string of the molecule is CCN(Cc1ccccc1)C(=O)C1CCN(S(=O)(=O)c2ccc3c(c2)CCC3)CC1. The van der Waals surface area contributed by atoms with Crippen molar-refractivity contribution in [1.29, 1.82) is 0 Å². The van der Waals surface area contributed by atoms with Crippen molar-refractivity contribution in [3.05, 3.63) is 65.2 Å². The molecule has 160 valence electrons. The fourth-order valence-electron chi connectivity index (χ4n) is 4.61. The van der Waals surface area contributed by atoms with E-state index in [4.69, 9.17) is 0 Å². The molecule has 0 unspecified atom stereocenters. The maximum Gasteiger partial charge on any atom is 0.243 e. The van der Waals surface area contributed by atoms with Gasteiger partial charge in [-0.25, -0.2) is 8.42 Å². The second kappa shape index (κ2) is 8.90. The molecule has 2 aromatic carbocycles. The minimum Gasteiger partial charge on any atom is -0.338 e. The predicted molar refractivity (Wildman–Crippen MR) is 117 cm³/mol. The van der Waals surface area contributed by atoms with Crippen molar-refractivity contribution >= 4 is 15.9 Å². The lowest BCUT2D eigenvalue weighted by Crippen LogP contribution is -2.44. The van der Waals surface area contributed by atoms with E-state index < -0.39 is 10.0 Å². The first-order chi connectivity index (χ1) is 14.5. The van der Waals surface area contributed by atoms with Crippen LogP contribution in [0, 0.1) is 5.92 Å². The van der Waals surface area contributed by atoms with Gasteiger partial charge < -0.3 is 4.90 Å². The third-order valence-electron chi connectivity index (χ3n) is 6.42. The number of rotatable bonds is 6. The van der Waals surface area contributed by atoms with Crippen LogP contribution in [0.4, 0.5) is 0 Å². The number of carbonyl (C=O) groups is 1. The number of benzene rings is 2. The zero-order valence-electron chi connectivity index (χ0n) is 17.6. The van der Waals surface area contributed by atoms with Gasteiger partial charge in [0.15, 0.2) is 0 Å². The van der Waals surface area contributed by atoms with Crippen LogP contribution < -0.4 is 0 Å². The molecule has 1 aliphatic heterocycles. The summed E-state index contributed by atoms with van der Waals surface area (Å²) in [5.74, 6) is 0.0241. The third kappa shape index (κ3) is 4.30. The van der Waals surface area contributed by atoms with Crippen LogP contribution in [-0.4, -0.2) is 43.2 Å². The number of amides is 1. The topological polar surface area (TPSA) is 57.7 Å². The largest absolute Gasteiger partial charge is 0.338 e. The van der Waals surface area contributed by atoms with Crippen LogP contribution >= 0.6 is 0 Å². The minimum atomic E-state index is -3.50. The molecular formula is C24H30N2O3S. The second-order valence-electron chi connectivity index (χ2n) is 8.30. The molecule has 4 rings (SSSR count). The first kappa shape index (κ1) is 21.1. The summed E-state index contributed by atoms with van der Waals surface area (Å²) in [7, 11) is -3.50. The van der Waals surface area contributed by atoms with E-state index in [1.165, 1.54) is 11.1 Å². The van der Waals surface area contributed by atoms with Crippen LogP contribution in [0.15, 0.2) is 53.4 Å². The Labute approximate surface area is 179 Å². The molecule has 1 heterocycles. The zero-order chi connectivity index (χ0) is 21.1. The van der Waals surface area contributed by atoms with Gasteiger partial charge in [-0.15, -0.1) is 0 Å². The molecule has 0 N–H and O–H groups in total. The Morgan fingerprint density at radius 3 is 2.43 bits per heavy atom. The lowest BCUT2D eigenvalue weighted by Gasteiger charge is -2.33. The molecule has 1 aliphatic carbocycles. The summed E-state index contributed by atoms with van der Waals surface area (Å²) in [5.41, 5.74) is 3.56. The van der Waals surface area contributed by atoms with E-state index in [9.17, 15) is 13.2 Å². The van der Waals surface area contributed by atoms with Gasteiger partial charge in [0, 0.05) is 32.1 Å². The molecule has 30 heavy (non-hydrogen) atoms. The third-order valence-corrected chi connectivity index (χ3v) is 8.32. The van der Waals surface area contributed by atoms with Gasteiger partial charge in [-0.3, -0.25) is 4.79 Å². The monoisotopic (exact) mass is 426 g/mol. The summed E-state index contributed by atoms with van der Waals surface area (Å²) in [6.45, 7) is 4.05. The van der Waals surface area contributed by atoms with E-state index in [-0.39, 0.29) is 11.8 Å². The van der Waals surface area contributed by atoms with E-state index in [1.807, 2.05) is 54.3 Å². The highest BCUT2D eigenvalue weighted by molar-refractivity contribution is 7.89. The van der Waals surface area contributed by atoms with Gasteiger partial charge in [0.25, 0.3) is 0 Å². The first-order valence-corrected chi connectivity index (χ1v) is 12.4. The van der Waals surface area contributed by atoms with E-state index in [0.717, 1.165) is 24.8 Å². The average Bonchev–Trinajstić information content (AvgIpc) is 3.26. The van der Waals surface area contributed by atoms with Gasteiger partial charge in [-0.2, -0.15) is 4.31 Å². The number of sulfonamides is 1. The van der Waals surface area contributed by atoms with Crippen LogP contribution in [0.5, 0.6) is 0 Å². The fourth-order valence-corrected chi connectivity index (χ4v) is 6.13. The van der Waals surface area contributed by atoms with Crippen LogP contribution in [0.25, 0.3) is 0 Å². The molecule has 2 aliphatic rings. The second-order valence-corrected chi connectivity index (χ2v) is 10.2. The number of hydrogen-bond acceptors (Lipinski definition) is 3. The molecule has 0 saturated carbocycles. The van der Waals surface area contributed by atoms with E-state index in [2.05, 4.69) is 0 Å². The molecular weight excluding hydrogens is 396 g/mol. The van der Waals surface area contributed by atoms with Crippen molar-refractivity contribution in [2.45, 2.75) is 50.5 Å². The molecule has 0 radical (unpaired) electrons. The molecule has 0 bridgehead atoms. The van der Waals surface area contributed by atoms with Gasteiger partial charge in [0.1, 0.15) is 0 Å². The van der Waals surface area contributed by atoms with Crippen molar-refractivity contribution in [3.63, 3.8) is 0 Å². The predicted octanol–water partition coefficient (Wildman–Crippen LogP) is 3.62. The van der Waals surface area contributed by atoms with Crippen molar-refractivity contribution < 1.29 is 13.2 Å². The molecule has 1 amide bonds. The van der Waals surface area contributed by atoms with Gasteiger partial charge in [-0.05, 0) is 67.9 Å². The molecule has 2 aromatic rings. The first-order valence-electron chi connectivity index (χ1n) is 10.9. The minimum absolute atomic E-state index is 0.111. The van der Waals surface area contributed by atoms with Crippen molar-refractivity contribution in [3.8, 4) is 0 Å². The number of piperidine rings is 1. The highest BCUT2D eigenvalue weighted by atomic mass is 32.2. The Hall–Kier alpha value is -2.18. The van der Waals surface area contributed by atoms with Gasteiger partial charge in [0.2, 0.25) is 15.9 Å². The Morgan fingerprint density at radius 2 is 1.73 bits per heavy atom. The van der Waals surface area contributed by atoms with Gasteiger partial charge in [-0.1, -0.05) is 36.4 Å². The number of nitrogens with zero attached hydrogens (tertiary/aromatic N) is 2. The molecule has 0 atom stereocenters. The van der Waals surface area contributed by atoms with Crippen molar-refractivity contribution in [2.24, 2.45) is 5.92 Å². The highest BCUT2D eigenvalue weighted by Crippen LogP contribution is 2.29. The number of hydrogen-bond donors (Lipinski definition) is 0. The summed E-state index contributed by atoms with van der Waals surface area (Å²) in [6, 6.07) is 15.6. The Morgan fingerprint density at radius 1 is 1.03 bits per heavy atom. The molecule has 1 saturated heterocycles. The Balaban J connectivity index is 1.39. The molecule has 6 heteroatoms. The van der Waals surface area contributed by atoms with Crippen LogP contribution in [0.3, 0.4) is 0 Å². The summed E-state index contributed by atoms with van der Waals surface area (Å²) in [4.78, 5) is 15.3. The van der Waals surface area contributed by atoms with E-state index >= 15 is 0 Å². The van der Waals surface area contributed by atoms with Gasteiger partial charge >= 0.3 is 0 Å². The normalized spacial score (nSPS) is 17.6. The molecule has 1 fully saturated rings. The van der Waals surface area contributed by atoms with Crippen LogP contribution in [0.1, 0.15) is 42.9 Å².